The van der Waals surface area contributed by atoms with Crippen molar-refractivity contribution in [1.82, 2.24) is 9.88 Å². The van der Waals surface area contributed by atoms with Crippen LogP contribution >= 0.6 is 0 Å². The summed E-state index contributed by atoms with van der Waals surface area (Å²) in [6, 6.07) is 38.1. The summed E-state index contributed by atoms with van der Waals surface area (Å²) in [5.41, 5.74) is 4.57. The first-order valence-electron chi connectivity index (χ1n) is 14.0. The van der Waals surface area contributed by atoms with Crippen LogP contribution in [0.1, 0.15) is 29.0 Å². The molecule has 204 valence electrons. The van der Waals surface area contributed by atoms with Gasteiger partial charge in [0.25, 0.3) is 0 Å². The fourth-order valence-electron chi connectivity index (χ4n) is 6.40. The van der Waals surface area contributed by atoms with E-state index < -0.39 is 5.60 Å². The van der Waals surface area contributed by atoms with E-state index in [-0.39, 0.29) is 5.92 Å². The van der Waals surface area contributed by atoms with Crippen LogP contribution in [0.15, 0.2) is 120 Å². The maximum atomic E-state index is 7.06. The second kappa shape index (κ2) is 10.5. The van der Waals surface area contributed by atoms with Gasteiger partial charge in [-0.2, -0.15) is 0 Å². The first-order chi connectivity index (χ1) is 20.2. The van der Waals surface area contributed by atoms with Crippen LogP contribution in [0.2, 0.25) is 0 Å². The average Bonchev–Trinajstić information content (AvgIpc) is 3.57. The van der Waals surface area contributed by atoms with Crippen molar-refractivity contribution < 1.29 is 13.9 Å². The Kier molecular flexibility index (Phi) is 6.54. The van der Waals surface area contributed by atoms with Gasteiger partial charge in [-0.25, -0.2) is 4.98 Å². The Morgan fingerprint density at radius 1 is 0.854 bits per heavy atom. The van der Waals surface area contributed by atoms with Gasteiger partial charge in [-0.15, -0.1) is 0 Å². The molecule has 41 heavy (non-hydrogen) atoms. The molecule has 1 saturated heterocycles. The van der Waals surface area contributed by atoms with Gasteiger partial charge in [-0.05, 0) is 71.8 Å². The fraction of sp³-hybridized carbons (Fsp3) is 0.194. The Morgan fingerprint density at radius 2 is 1.68 bits per heavy atom. The number of hydrogen-bond donors (Lipinski definition) is 0. The van der Waals surface area contributed by atoms with Gasteiger partial charge in [-0.3, -0.25) is 4.90 Å². The van der Waals surface area contributed by atoms with Crippen LogP contribution in [0.4, 0.5) is 0 Å². The highest BCUT2D eigenvalue weighted by Crippen LogP contribution is 2.52. The number of pyridine rings is 1. The number of rotatable bonds is 6. The van der Waals surface area contributed by atoms with E-state index in [1.807, 2.05) is 24.3 Å². The molecule has 0 spiro atoms. The second-order valence-corrected chi connectivity index (χ2v) is 10.8. The third-order valence-electron chi connectivity index (χ3n) is 8.37. The molecule has 5 nitrogen and oxygen atoms in total. The summed E-state index contributed by atoms with van der Waals surface area (Å²) in [4.78, 5) is 7.27. The minimum atomic E-state index is -0.657. The number of ether oxygens (including phenoxy) is 2. The first kappa shape index (κ1) is 25.5. The maximum absolute atomic E-state index is 7.06. The topological polar surface area (TPSA) is 47.7 Å². The average molecular weight is 541 g/mol. The van der Waals surface area contributed by atoms with Crippen LogP contribution in [0.5, 0.6) is 5.88 Å². The molecule has 0 bridgehead atoms. The molecule has 0 aliphatic carbocycles. The summed E-state index contributed by atoms with van der Waals surface area (Å²) < 4.78 is 18.8. The minimum Gasteiger partial charge on any atom is -0.481 e. The number of methoxy groups -OCH3 is 1. The minimum absolute atomic E-state index is 0.178. The van der Waals surface area contributed by atoms with Crippen molar-refractivity contribution in [3.8, 4) is 17.2 Å². The zero-order chi connectivity index (χ0) is 27.8. The van der Waals surface area contributed by atoms with Crippen molar-refractivity contribution in [2.24, 2.45) is 0 Å². The predicted octanol–water partition coefficient (Wildman–Crippen LogP) is 7.99. The highest BCUT2D eigenvalue weighted by molar-refractivity contribution is 5.88. The van der Waals surface area contributed by atoms with Crippen molar-refractivity contribution in [3.05, 3.63) is 132 Å². The van der Waals surface area contributed by atoms with Gasteiger partial charge >= 0.3 is 0 Å². The van der Waals surface area contributed by atoms with Crippen LogP contribution in [0.25, 0.3) is 33.0 Å². The van der Waals surface area contributed by atoms with Crippen LogP contribution in [-0.4, -0.2) is 37.3 Å². The van der Waals surface area contributed by atoms with Gasteiger partial charge in [-0.1, -0.05) is 72.8 Å². The molecule has 2 atom stereocenters. The van der Waals surface area contributed by atoms with Gasteiger partial charge < -0.3 is 13.9 Å². The van der Waals surface area contributed by atoms with E-state index in [4.69, 9.17) is 18.9 Å². The molecule has 6 aromatic rings. The molecule has 7 rings (SSSR count). The van der Waals surface area contributed by atoms with Crippen molar-refractivity contribution in [1.29, 1.82) is 0 Å². The zero-order valence-electron chi connectivity index (χ0n) is 23.3. The molecule has 1 aliphatic rings. The molecule has 1 aliphatic heterocycles. The predicted molar refractivity (Wildman–Crippen MR) is 163 cm³/mol. The largest absolute Gasteiger partial charge is 0.481 e. The Bertz CT molecular complexity index is 1800. The molecule has 0 radical (unpaired) electrons. The van der Waals surface area contributed by atoms with E-state index in [1.165, 1.54) is 16.3 Å². The van der Waals surface area contributed by atoms with Gasteiger partial charge in [0.05, 0.1) is 18.9 Å². The summed E-state index contributed by atoms with van der Waals surface area (Å²) in [5.74, 6) is 1.26. The van der Waals surface area contributed by atoms with Gasteiger partial charge in [0.1, 0.15) is 18.1 Å². The van der Waals surface area contributed by atoms with Gasteiger partial charge in [0, 0.05) is 29.0 Å². The molecule has 4 aromatic carbocycles. The molecule has 1 fully saturated rings. The van der Waals surface area contributed by atoms with E-state index in [2.05, 4.69) is 96.9 Å². The molecule has 2 unspecified atom stereocenters. The third-order valence-corrected chi connectivity index (χ3v) is 8.37. The van der Waals surface area contributed by atoms with Crippen LogP contribution in [0.3, 0.4) is 0 Å². The molecule has 0 N–H and O–H groups in total. The summed E-state index contributed by atoms with van der Waals surface area (Å²) in [5, 5.41) is 3.43. The molecule has 3 heterocycles. The number of nitrogens with zero attached hydrogens (tertiary/aromatic N) is 2. The van der Waals surface area contributed by atoms with Gasteiger partial charge in [0.2, 0.25) is 5.88 Å². The molecule has 2 aromatic heterocycles. The molecular formula is C36H32N2O3. The molecule has 0 amide bonds. The Balaban J connectivity index is 1.52. The van der Waals surface area contributed by atoms with Gasteiger partial charge in [0.15, 0.2) is 0 Å². The fourth-order valence-corrected chi connectivity index (χ4v) is 6.40. The second-order valence-electron chi connectivity index (χ2n) is 10.8. The van der Waals surface area contributed by atoms with E-state index >= 15 is 0 Å². The lowest BCUT2D eigenvalue weighted by Crippen LogP contribution is -2.47. The van der Waals surface area contributed by atoms with E-state index in [0.717, 1.165) is 46.3 Å². The number of fused-ring (bicyclic) bond motifs is 2. The Labute approximate surface area is 240 Å². The standard InChI is InChI=1S/C36H32N2O3/c1-38-20-19-36(41-24-38,31-15-8-13-25-10-6-7-14-29(25)31)34(26-11-4-3-5-12-26)30-23-28-22-27(33-16-9-21-40-33)17-18-32(28)37-35(30)39-2/h3-18,21-23,34H,19-20,24H2,1-2H3. The summed E-state index contributed by atoms with van der Waals surface area (Å²) in [7, 11) is 3.82. The quantitative estimate of drug-likeness (QED) is 0.214. The van der Waals surface area contributed by atoms with Crippen LogP contribution in [0, 0.1) is 0 Å². The first-order valence-corrected chi connectivity index (χ1v) is 14.0. The summed E-state index contributed by atoms with van der Waals surface area (Å²) in [6.07, 6.45) is 2.51. The number of hydrogen-bond acceptors (Lipinski definition) is 5. The lowest BCUT2D eigenvalue weighted by atomic mass is 9.70. The molecule has 0 saturated carbocycles. The Hall–Kier alpha value is -4.45. The summed E-state index contributed by atoms with van der Waals surface area (Å²) in [6.45, 7) is 1.43. The highest BCUT2D eigenvalue weighted by atomic mass is 16.5. The van der Waals surface area contributed by atoms with Crippen molar-refractivity contribution >= 4 is 21.7 Å². The molecular weight excluding hydrogens is 508 g/mol. The maximum Gasteiger partial charge on any atom is 0.217 e. The smallest absolute Gasteiger partial charge is 0.217 e. The number of furan rings is 1. The van der Waals surface area contributed by atoms with E-state index in [1.54, 1.807) is 13.4 Å². The van der Waals surface area contributed by atoms with Crippen molar-refractivity contribution in [2.45, 2.75) is 17.9 Å². The molecule has 5 heteroatoms. The van der Waals surface area contributed by atoms with Crippen LogP contribution < -0.4 is 4.74 Å². The van der Waals surface area contributed by atoms with Crippen LogP contribution in [-0.2, 0) is 10.3 Å². The highest BCUT2D eigenvalue weighted by Gasteiger charge is 2.47. The van der Waals surface area contributed by atoms with Crippen molar-refractivity contribution in [3.63, 3.8) is 0 Å². The monoisotopic (exact) mass is 540 g/mol. The lowest BCUT2D eigenvalue weighted by Gasteiger charge is -2.47. The van der Waals surface area contributed by atoms with Crippen molar-refractivity contribution in [2.75, 3.05) is 27.4 Å². The Morgan fingerprint density at radius 3 is 2.46 bits per heavy atom. The third kappa shape index (κ3) is 4.48. The normalized spacial score (nSPS) is 18.5. The SMILES string of the molecule is COc1nc2ccc(-c3ccco3)cc2cc1C(c1ccccc1)C1(c2cccc3ccccc23)CCN(C)CO1. The van der Waals surface area contributed by atoms with E-state index in [9.17, 15) is 0 Å². The lowest BCUT2D eigenvalue weighted by molar-refractivity contribution is -0.145. The zero-order valence-corrected chi connectivity index (χ0v) is 23.3. The number of aromatic nitrogens is 1. The number of benzene rings is 4. The van der Waals surface area contributed by atoms with E-state index in [0.29, 0.717) is 12.6 Å². The summed E-state index contributed by atoms with van der Waals surface area (Å²) >= 11 is 0.